The molecule has 0 bridgehead atoms. The van der Waals surface area contributed by atoms with Crippen LogP contribution in [0.3, 0.4) is 0 Å². The number of imidazole rings is 2. The van der Waals surface area contributed by atoms with Crippen molar-refractivity contribution in [1.29, 1.82) is 0 Å². The van der Waals surface area contributed by atoms with Gasteiger partial charge in [0.15, 0.2) is 6.10 Å². The molecule has 1 atom stereocenters. The van der Waals surface area contributed by atoms with Crippen molar-refractivity contribution < 1.29 is 31.1 Å². The number of fused-ring (bicyclic) bond motifs is 2. The second-order valence-electron chi connectivity index (χ2n) is 11.4. The van der Waals surface area contributed by atoms with Crippen LogP contribution in [0, 0.1) is 27.6 Å². The molecule has 6 aromatic rings. The largest absolute Gasteiger partial charge is 0.377 e. The number of rotatable bonds is 6. The number of aliphatic hydroxyl groups excluding tert-OH is 1. The quantitative estimate of drug-likeness (QED) is 0.241. The summed E-state index contributed by atoms with van der Waals surface area (Å²) in [6, 6.07) is 12.4. The Hall–Kier alpha value is -5.28. The molecule has 0 fully saturated rings. The van der Waals surface area contributed by atoms with E-state index in [1.165, 1.54) is 23.4 Å². The zero-order valence-electron chi connectivity index (χ0n) is 38.9. The summed E-state index contributed by atoms with van der Waals surface area (Å²) in [6.45, 7) is -1.75. The maximum atomic E-state index is 12.5. The molecule has 0 aliphatic rings. The molecule has 4 heterocycles. The van der Waals surface area contributed by atoms with E-state index in [1.54, 1.807) is 38.4 Å². The van der Waals surface area contributed by atoms with Gasteiger partial charge in [-0.1, -0.05) is 71.7 Å². The molecule has 47 heavy (non-hydrogen) atoms. The molecule has 1 N–H and O–H groups in total. The topological polar surface area (TPSA) is 95.4 Å². The molecule has 0 saturated carbocycles. The van der Waals surface area contributed by atoms with Crippen LogP contribution in [0.1, 0.15) is 56.2 Å². The Labute approximate surface area is 292 Å². The highest BCUT2D eigenvalue weighted by atomic mass is 16.3. The van der Waals surface area contributed by atoms with Crippen molar-refractivity contribution in [3.05, 3.63) is 119 Å². The molecule has 2 aromatic carbocycles. The minimum atomic E-state index is -2.83. The van der Waals surface area contributed by atoms with Crippen molar-refractivity contribution in [3.8, 4) is 22.5 Å². The van der Waals surface area contributed by atoms with Gasteiger partial charge >= 0.3 is 0 Å². The summed E-state index contributed by atoms with van der Waals surface area (Å²) in [4.78, 5) is 36.4. The van der Waals surface area contributed by atoms with Crippen molar-refractivity contribution in [1.82, 2.24) is 28.6 Å². The lowest BCUT2D eigenvalue weighted by Gasteiger charge is -2.17. The fourth-order valence-corrected chi connectivity index (χ4v) is 4.75. The fourth-order valence-electron chi connectivity index (χ4n) is 4.75. The van der Waals surface area contributed by atoms with Crippen molar-refractivity contribution in [2.24, 2.45) is 0 Å². The smallest absolute Gasteiger partial charge is 0.257 e. The van der Waals surface area contributed by atoms with E-state index < -0.39 is 67.3 Å². The van der Waals surface area contributed by atoms with Crippen LogP contribution in [-0.4, -0.2) is 73.7 Å². The molecule has 242 valence electrons. The second kappa shape index (κ2) is 13.6. The molecule has 4 aromatic heterocycles. The first-order valence-electron chi connectivity index (χ1n) is 20.6. The Bertz CT molecular complexity index is 2600. The van der Waals surface area contributed by atoms with E-state index in [2.05, 4.69) is 9.97 Å². The molecular formula is C38H42N6O3. The summed E-state index contributed by atoms with van der Waals surface area (Å²) < 4.78 is 98.0. The first kappa shape index (κ1) is 20.8. The Morgan fingerprint density at radius 1 is 0.745 bits per heavy atom. The van der Waals surface area contributed by atoms with E-state index in [4.69, 9.17) is 16.4 Å². The number of hydrogen-bond acceptors (Lipinski definition) is 5. The number of benzene rings is 2. The third-order valence-corrected chi connectivity index (χ3v) is 7.33. The summed E-state index contributed by atoms with van der Waals surface area (Å²) in [7, 11) is 6.11. The minimum absolute atomic E-state index is 0.00914. The highest BCUT2D eigenvalue weighted by Crippen LogP contribution is 2.31. The number of nitrogens with zero attached hydrogens (tertiary/aromatic N) is 6. The number of aliphatic hydroxyl groups is 1. The zero-order chi connectivity index (χ0) is 44.2. The van der Waals surface area contributed by atoms with Gasteiger partial charge in [0.1, 0.15) is 11.3 Å². The number of likely N-dealkylation sites (N-methyl/N-ethyl adjacent to an activating group) is 2. The lowest BCUT2D eigenvalue weighted by atomic mass is 10.1. The molecule has 0 aliphatic heterocycles. The van der Waals surface area contributed by atoms with Crippen LogP contribution >= 0.6 is 0 Å². The van der Waals surface area contributed by atoms with Gasteiger partial charge in [0.05, 0.1) is 37.4 Å². The van der Waals surface area contributed by atoms with Crippen LogP contribution in [0.2, 0.25) is 0 Å². The number of carbonyl (C=O) groups excluding carboxylic acids is 2. The van der Waals surface area contributed by atoms with Gasteiger partial charge < -0.3 is 19.3 Å². The van der Waals surface area contributed by atoms with Gasteiger partial charge in [-0.25, -0.2) is 9.97 Å². The molecule has 0 saturated heterocycles. The van der Waals surface area contributed by atoms with Gasteiger partial charge in [-0.15, -0.1) is 0 Å². The zero-order valence-corrected chi connectivity index (χ0v) is 26.9. The van der Waals surface area contributed by atoms with E-state index in [0.29, 0.717) is 22.5 Å². The molecule has 0 aliphatic carbocycles. The van der Waals surface area contributed by atoms with Gasteiger partial charge in [0.2, 0.25) is 5.91 Å². The third-order valence-electron chi connectivity index (χ3n) is 7.33. The van der Waals surface area contributed by atoms with Crippen LogP contribution < -0.4 is 0 Å². The highest BCUT2D eigenvalue weighted by Gasteiger charge is 2.27. The van der Waals surface area contributed by atoms with Crippen molar-refractivity contribution in [2.75, 3.05) is 28.2 Å². The maximum Gasteiger partial charge on any atom is 0.257 e. The molecule has 0 spiro atoms. The second-order valence-corrected chi connectivity index (χ2v) is 11.4. The van der Waals surface area contributed by atoms with Gasteiger partial charge in [0, 0.05) is 59.9 Å². The lowest BCUT2D eigenvalue weighted by Crippen LogP contribution is -2.29. The van der Waals surface area contributed by atoms with E-state index in [1.807, 2.05) is 38.1 Å². The number of hydrogen-bond donors (Lipinski definition) is 1. The van der Waals surface area contributed by atoms with Gasteiger partial charge in [-0.3, -0.25) is 14.0 Å². The number of aryl methyl sites for hydroxylation is 2. The van der Waals surface area contributed by atoms with Crippen molar-refractivity contribution >= 4 is 23.1 Å². The number of aromatic nitrogens is 4. The van der Waals surface area contributed by atoms with Crippen LogP contribution in [-0.2, 0) is 16.0 Å². The van der Waals surface area contributed by atoms with Crippen molar-refractivity contribution in [3.63, 3.8) is 0 Å². The Kier molecular flexibility index (Phi) is 6.01. The van der Waals surface area contributed by atoms with E-state index >= 15 is 0 Å². The van der Waals surface area contributed by atoms with E-state index in [9.17, 15) is 14.7 Å². The predicted octanol–water partition coefficient (Wildman–Crippen LogP) is 5.99. The number of carbonyl (C=O) groups is 2. The molecular weight excluding hydrogens is 588 g/mol. The average molecular weight is 643 g/mol. The van der Waals surface area contributed by atoms with Gasteiger partial charge in [0.25, 0.3) is 5.91 Å². The Balaban J connectivity index is 0.000000224. The summed E-state index contributed by atoms with van der Waals surface area (Å²) in [6.07, 6.45) is -2.94. The van der Waals surface area contributed by atoms with Gasteiger partial charge in [-0.05, 0) is 50.8 Å². The molecule has 1 unspecified atom stereocenters. The molecule has 9 heteroatoms. The first-order valence-corrected chi connectivity index (χ1v) is 14.6. The minimum Gasteiger partial charge on any atom is -0.377 e. The summed E-state index contributed by atoms with van der Waals surface area (Å²) in [5.41, 5.74) is 2.60. The third kappa shape index (κ3) is 7.10. The van der Waals surface area contributed by atoms with E-state index in [-0.39, 0.29) is 41.1 Å². The molecule has 2 amide bonds. The monoisotopic (exact) mass is 642 g/mol. The normalized spacial score (nSPS) is 15.9. The number of amides is 2. The maximum absolute atomic E-state index is 12.5. The van der Waals surface area contributed by atoms with Gasteiger partial charge in [-0.2, -0.15) is 0 Å². The van der Waals surface area contributed by atoms with Crippen LogP contribution in [0.25, 0.3) is 33.8 Å². The summed E-state index contributed by atoms with van der Waals surface area (Å²) >= 11 is 0. The SMILES string of the molecule is [2H]c1c(C([2H])([2H])[2H])c([2H])n2c(C(O)C(=O)N(C)C)c(-c3ccc(C)cc3)nc2c1[2H].[2H]c1c(C([2H])([2H])[2H])c([2H])n2c(CC(=O)N(C)C)c(-c3ccc(C)cc3)nc2c1[2H]. The predicted molar refractivity (Wildman–Crippen MR) is 186 cm³/mol. The van der Waals surface area contributed by atoms with Crippen LogP contribution in [0.4, 0.5) is 0 Å². The number of pyridine rings is 2. The van der Waals surface area contributed by atoms with E-state index in [0.717, 1.165) is 20.4 Å². The molecule has 6 rings (SSSR count). The average Bonchev–Trinajstić information content (AvgIpc) is 3.73. The van der Waals surface area contributed by atoms with Crippen LogP contribution in [0.5, 0.6) is 0 Å². The first-order chi connectivity index (χ1) is 27.3. The summed E-state index contributed by atoms with van der Waals surface area (Å²) in [5, 5.41) is 10.8. The Morgan fingerprint density at radius 2 is 1.23 bits per heavy atom. The lowest BCUT2D eigenvalue weighted by molar-refractivity contribution is -0.138. The van der Waals surface area contributed by atoms with Crippen LogP contribution in [0.15, 0.2) is 85.0 Å². The van der Waals surface area contributed by atoms with Crippen molar-refractivity contribution in [2.45, 2.75) is 40.1 Å². The fraction of sp³-hybridized carbons (Fsp3) is 0.263. The Morgan fingerprint density at radius 3 is 1.74 bits per heavy atom. The molecule has 0 radical (unpaired) electrons. The summed E-state index contributed by atoms with van der Waals surface area (Å²) in [5.74, 6) is -0.946. The molecule has 9 nitrogen and oxygen atoms in total. The standard InChI is InChI=1S/C19H21N3O2.C19H21N3O/c1-12-5-8-14(9-6-12)16-17(18(23)19(24)21(3)4)22-11-13(2)7-10-15(22)20-16;1-13-5-8-15(9-6-13)19-16(11-18(23)21(3)4)22-12-14(2)7-10-17(22)20-19/h5-11,18,23H,1-4H3;5-10,12H,11H2,1-4H3/i2D3,7D,10D,11D;2D3,7D,10D,12D. The highest BCUT2D eigenvalue weighted by molar-refractivity contribution is 5.84.